The lowest BCUT2D eigenvalue weighted by molar-refractivity contribution is 0.282. The van der Waals surface area contributed by atoms with E-state index in [2.05, 4.69) is 275 Å². The molecule has 71 heavy (non-hydrogen) atoms. The molecule has 0 saturated heterocycles. The van der Waals surface area contributed by atoms with Gasteiger partial charge in [0.1, 0.15) is 5.76 Å². The number of fused-ring (bicyclic) bond motifs is 6. The van der Waals surface area contributed by atoms with Crippen molar-refractivity contribution in [1.82, 2.24) is 0 Å². The average molecular weight is 925 g/mol. The molecule has 5 nitrogen and oxygen atoms in total. The molecule has 0 fully saturated rings. The van der Waals surface area contributed by atoms with E-state index in [4.69, 9.17) is 4.42 Å². The molecule has 0 N–H and O–H groups in total. The molecule has 3 aliphatic rings. The van der Waals surface area contributed by atoms with Crippen LogP contribution in [-0.4, -0.2) is 6.71 Å². The molecular formula is C65H61BN4O. The highest BCUT2D eigenvalue weighted by Crippen LogP contribution is 2.55. The van der Waals surface area contributed by atoms with Gasteiger partial charge in [0.05, 0.1) is 11.3 Å². The maximum Gasteiger partial charge on any atom is 0.297 e. The van der Waals surface area contributed by atoms with Gasteiger partial charge in [-0.15, -0.1) is 0 Å². The van der Waals surface area contributed by atoms with Gasteiger partial charge in [0, 0.05) is 73.5 Å². The quantitative estimate of drug-likeness (QED) is 0.142. The number of aryl methyl sites for hydroxylation is 1. The minimum atomic E-state index is -0.138. The summed E-state index contributed by atoms with van der Waals surface area (Å²) in [6.07, 6.45) is 2.14. The van der Waals surface area contributed by atoms with Crippen molar-refractivity contribution >= 4 is 91.5 Å². The molecule has 350 valence electrons. The molecule has 3 heterocycles. The number of nitrogens with zero attached hydrogens (tertiary/aromatic N) is 4. The number of benzene rings is 8. The number of anilines is 12. The average Bonchev–Trinajstić information content (AvgIpc) is 3.81. The lowest BCUT2D eigenvalue weighted by atomic mass is 9.35. The maximum absolute atomic E-state index is 7.66. The molecule has 8 aromatic carbocycles. The van der Waals surface area contributed by atoms with Crippen LogP contribution in [0, 0.1) is 6.92 Å². The number of para-hydroxylation sites is 4. The summed E-state index contributed by atoms with van der Waals surface area (Å²) in [5, 5.41) is 0. The second kappa shape index (κ2) is 16.7. The summed E-state index contributed by atoms with van der Waals surface area (Å²) in [4.78, 5) is 9.76. The van der Waals surface area contributed by atoms with Gasteiger partial charge in [-0.2, -0.15) is 0 Å². The fourth-order valence-electron chi connectivity index (χ4n) is 11.6. The van der Waals surface area contributed by atoms with Crippen LogP contribution in [0.5, 0.6) is 0 Å². The molecule has 1 aromatic heterocycles. The molecule has 12 rings (SSSR count). The van der Waals surface area contributed by atoms with Crippen molar-refractivity contribution in [3.63, 3.8) is 0 Å². The Morgan fingerprint density at radius 2 is 0.901 bits per heavy atom. The Morgan fingerprint density at radius 1 is 0.479 bits per heavy atom. The standard InChI is InChI=1S/C65H61BN4O/c1-44-41-56-59-57(42-44)70(53-36-32-51(33-37-53)68(48-25-17-11-18-26-48)49-27-19-12-20-28-49)60-58-61(65(7,8)40-39-64(58,5)6)71-62(60)66(59)54-43-45(63(2,3)4)29-38-55(54)69(56)52-34-30-50(31-35-52)67(46-21-13-9-14-22-46)47-23-15-10-16-24-47/h9-38,41-43H,39-40H2,1-8H3. The number of hydrogen-bond donors (Lipinski definition) is 0. The van der Waals surface area contributed by atoms with Gasteiger partial charge in [-0.25, -0.2) is 0 Å². The highest BCUT2D eigenvalue weighted by molar-refractivity contribution is 6.99. The van der Waals surface area contributed by atoms with E-state index < -0.39 is 0 Å². The second-order valence-corrected chi connectivity index (χ2v) is 22.2. The molecule has 0 spiro atoms. The van der Waals surface area contributed by atoms with Crippen LogP contribution in [0.25, 0.3) is 0 Å². The van der Waals surface area contributed by atoms with Gasteiger partial charge in [-0.1, -0.05) is 133 Å². The van der Waals surface area contributed by atoms with Crippen LogP contribution in [0.4, 0.5) is 68.2 Å². The normalized spacial score (nSPS) is 15.1. The van der Waals surface area contributed by atoms with Crippen LogP contribution in [0.2, 0.25) is 0 Å². The summed E-state index contributed by atoms with van der Waals surface area (Å²) in [6, 6.07) is 73.1. The van der Waals surface area contributed by atoms with Crippen LogP contribution >= 0.6 is 0 Å². The zero-order valence-corrected chi connectivity index (χ0v) is 42.2. The molecule has 0 bridgehead atoms. The third-order valence-corrected chi connectivity index (χ3v) is 15.3. The summed E-state index contributed by atoms with van der Waals surface area (Å²) in [5.74, 6) is 1.12. The summed E-state index contributed by atoms with van der Waals surface area (Å²) in [6.45, 7) is 18.7. The molecule has 1 aliphatic carbocycles. The van der Waals surface area contributed by atoms with Crippen LogP contribution in [0.1, 0.15) is 83.8 Å². The Kier molecular flexibility index (Phi) is 10.5. The van der Waals surface area contributed by atoms with Gasteiger partial charge >= 0.3 is 0 Å². The van der Waals surface area contributed by atoms with E-state index in [0.29, 0.717) is 0 Å². The Bertz CT molecular complexity index is 3330. The highest BCUT2D eigenvalue weighted by atomic mass is 16.3. The van der Waals surface area contributed by atoms with Gasteiger partial charge in [0.25, 0.3) is 6.71 Å². The molecule has 2 aliphatic heterocycles. The van der Waals surface area contributed by atoms with Crippen molar-refractivity contribution in [2.45, 2.75) is 84.5 Å². The first kappa shape index (κ1) is 44.5. The molecular weight excluding hydrogens is 864 g/mol. The van der Waals surface area contributed by atoms with Crippen molar-refractivity contribution in [2.24, 2.45) is 0 Å². The Balaban J connectivity index is 1.08. The first-order chi connectivity index (χ1) is 34.3. The summed E-state index contributed by atoms with van der Waals surface area (Å²) < 4.78 is 7.66. The van der Waals surface area contributed by atoms with Crippen LogP contribution in [0.3, 0.4) is 0 Å². The molecule has 0 radical (unpaired) electrons. The lowest BCUT2D eigenvalue weighted by Crippen LogP contribution is -2.61. The fourth-order valence-corrected chi connectivity index (χ4v) is 11.6. The SMILES string of the molecule is Cc1cc2c3c(c1)N(c1ccc(N(c4ccccc4)c4ccccc4)cc1)c1c(oc4c1C(C)(C)CCC4(C)C)B3c1cc(C(C)(C)C)ccc1N2c1ccc(N(c2ccccc2)c2ccccc2)cc1. The third kappa shape index (κ3) is 7.46. The molecule has 0 unspecified atom stereocenters. The minimum absolute atomic E-state index is 0.0682. The predicted octanol–water partition coefficient (Wildman–Crippen LogP) is 16.3. The van der Waals surface area contributed by atoms with E-state index in [9.17, 15) is 0 Å². The smallest absolute Gasteiger partial charge is 0.297 e. The maximum atomic E-state index is 7.66. The Hall–Kier alpha value is -7.70. The summed E-state index contributed by atoms with van der Waals surface area (Å²) >= 11 is 0. The zero-order valence-electron chi connectivity index (χ0n) is 42.2. The van der Waals surface area contributed by atoms with E-state index in [1.165, 1.54) is 50.4 Å². The predicted molar refractivity (Wildman–Crippen MR) is 301 cm³/mol. The summed E-state index contributed by atoms with van der Waals surface area (Å²) in [7, 11) is 0. The van der Waals surface area contributed by atoms with Crippen molar-refractivity contribution in [2.75, 3.05) is 19.6 Å². The van der Waals surface area contributed by atoms with E-state index in [1.807, 2.05) is 0 Å². The van der Waals surface area contributed by atoms with Gasteiger partial charge in [0.15, 0.2) is 0 Å². The topological polar surface area (TPSA) is 26.1 Å². The third-order valence-electron chi connectivity index (χ3n) is 15.3. The van der Waals surface area contributed by atoms with E-state index >= 15 is 0 Å². The second-order valence-electron chi connectivity index (χ2n) is 22.2. The van der Waals surface area contributed by atoms with Gasteiger partial charge in [0.2, 0.25) is 0 Å². The van der Waals surface area contributed by atoms with Gasteiger partial charge in [-0.05, 0) is 168 Å². The van der Waals surface area contributed by atoms with Gasteiger partial charge < -0.3 is 24.0 Å². The Morgan fingerprint density at radius 3 is 1.37 bits per heavy atom. The van der Waals surface area contributed by atoms with E-state index in [0.717, 1.165) is 69.8 Å². The highest BCUT2D eigenvalue weighted by Gasteiger charge is 2.52. The van der Waals surface area contributed by atoms with Crippen molar-refractivity contribution in [1.29, 1.82) is 0 Å². The van der Waals surface area contributed by atoms with E-state index in [1.54, 1.807) is 0 Å². The van der Waals surface area contributed by atoms with Crippen molar-refractivity contribution in [3.8, 4) is 0 Å². The number of rotatable bonds is 8. The van der Waals surface area contributed by atoms with Crippen molar-refractivity contribution in [3.05, 3.63) is 223 Å². The summed E-state index contributed by atoms with van der Waals surface area (Å²) in [5.41, 5.74) is 20.7. The molecule has 6 heteroatoms. The minimum Gasteiger partial charge on any atom is -0.472 e. The van der Waals surface area contributed by atoms with Crippen molar-refractivity contribution < 1.29 is 4.42 Å². The fraction of sp³-hybridized carbons (Fsp3) is 0.200. The molecule has 0 saturated carbocycles. The van der Waals surface area contributed by atoms with Crippen LogP contribution in [-0.2, 0) is 16.2 Å². The number of furan rings is 1. The van der Waals surface area contributed by atoms with Crippen LogP contribution < -0.4 is 36.2 Å². The molecule has 0 amide bonds. The monoisotopic (exact) mass is 924 g/mol. The van der Waals surface area contributed by atoms with Gasteiger partial charge in [-0.3, -0.25) is 0 Å². The van der Waals surface area contributed by atoms with Crippen LogP contribution in [0.15, 0.2) is 205 Å². The zero-order chi connectivity index (χ0) is 48.8. The first-order valence-corrected chi connectivity index (χ1v) is 25.3. The lowest BCUT2D eigenvalue weighted by Gasteiger charge is -2.44. The van der Waals surface area contributed by atoms with E-state index in [-0.39, 0.29) is 23.0 Å². The number of hydrogen-bond acceptors (Lipinski definition) is 5. The Labute approximate surface area is 420 Å². The molecule has 0 atom stereocenters. The molecule has 9 aromatic rings. The largest absolute Gasteiger partial charge is 0.472 e. The first-order valence-electron chi connectivity index (χ1n) is 25.3.